The van der Waals surface area contributed by atoms with Gasteiger partial charge in [-0.25, -0.2) is 8.42 Å². The maximum absolute atomic E-state index is 11.7. The second-order valence-electron chi connectivity index (χ2n) is 4.25. The van der Waals surface area contributed by atoms with Crippen molar-refractivity contribution in [2.45, 2.75) is 38.5 Å². The Kier molecular flexibility index (Phi) is 3.35. The van der Waals surface area contributed by atoms with Crippen LogP contribution in [0.2, 0.25) is 0 Å². The van der Waals surface area contributed by atoms with E-state index in [1.54, 1.807) is 0 Å². The van der Waals surface area contributed by atoms with Crippen LogP contribution in [0.25, 0.3) is 0 Å². The van der Waals surface area contributed by atoms with E-state index in [-0.39, 0.29) is 11.2 Å². The van der Waals surface area contributed by atoms with Gasteiger partial charge in [0.1, 0.15) is 0 Å². The SMILES string of the molecule is CC1CCS(=O)(=O)C(C(C)C)CN1. The molecule has 1 saturated heterocycles. The molecule has 0 radical (unpaired) electrons. The van der Waals surface area contributed by atoms with Crippen molar-refractivity contribution in [1.29, 1.82) is 0 Å². The summed E-state index contributed by atoms with van der Waals surface area (Å²) >= 11 is 0. The molecule has 1 N–H and O–H groups in total. The third-order valence-electron chi connectivity index (χ3n) is 2.71. The van der Waals surface area contributed by atoms with Gasteiger partial charge in [-0.05, 0) is 19.3 Å². The molecule has 0 saturated carbocycles. The molecule has 0 aromatic carbocycles. The topological polar surface area (TPSA) is 46.2 Å². The summed E-state index contributed by atoms with van der Waals surface area (Å²) in [5.41, 5.74) is 0. The van der Waals surface area contributed by atoms with E-state index in [9.17, 15) is 8.42 Å². The first kappa shape index (κ1) is 11.0. The van der Waals surface area contributed by atoms with E-state index < -0.39 is 9.84 Å². The molecule has 1 aliphatic rings. The van der Waals surface area contributed by atoms with Crippen molar-refractivity contribution in [2.75, 3.05) is 12.3 Å². The lowest BCUT2D eigenvalue weighted by Gasteiger charge is -2.18. The first-order valence-corrected chi connectivity index (χ1v) is 6.60. The van der Waals surface area contributed by atoms with Crippen LogP contribution in [-0.4, -0.2) is 32.0 Å². The van der Waals surface area contributed by atoms with Crippen LogP contribution < -0.4 is 5.32 Å². The summed E-state index contributed by atoms with van der Waals surface area (Å²) in [6, 6.07) is 0.332. The average Bonchev–Trinajstić information content (AvgIpc) is 2.11. The molecule has 2 atom stereocenters. The van der Waals surface area contributed by atoms with Crippen molar-refractivity contribution < 1.29 is 8.42 Å². The molecule has 0 aromatic rings. The molecule has 1 heterocycles. The molecule has 1 rings (SSSR count). The number of hydrogen-bond acceptors (Lipinski definition) is 3. The standard InChI is InChI=1S/C9H19NO2S/c1-7(2)9-6-10-8(3)4-5-13(9,11)12/h7-10H,4-6H2,1-3H3. The summed E-state index contributed by atoms with van der Waals surface area (Å²) in [5, 5.41) is 3.06. The third-order valence-corrected chi connectivity index (χ3v) is 5.15. The number of rotatable bonds is 1. The highest BCUT2D eigenvalue weighted by Gasteiger charge is 2.31. The fraction of sp³-hybridized carbons (Fsp3) is 1.00. The zero-order valence-corrected chi connectivity index (χ0v) is 9.39. The molecule has 78 valence electrons. The Hall–Kier alpha value is -0.0900. The van der Waals surface area contributed by atoms with E-state index in [1.165, 1.54) is 0 Å². The van der Waals surface area contributed by atoms with E-state index in [2.05, 4.69) is 5.32 Å². The Labute approximate surface area is 80.8 Å². The van der Waals surface area contributed by atoms with E-state index in [1.807, 2.05) is 20.8 Å². The van der Waals surface area contributed by atoms with Crippen molar-refractivity contribution in [1.82, 2.24) is 5.32 Å². The van der Waals surface area contributed by atoms with Gasteiger partial charge in [-0.1, -0.05) is 13.8 Å². The Bertz CT molecular complexity index is 259. The molecular weight excluding hydrogens is 186 g/mol. The summed E-state index contributed by atoms with van der Waals surface area (Å²) in [6.45, 7) is 6.60. The first-order chi connectivity index (χ1) is 5.93. The van der Waals surface area contributed by atoms with Crippen molar-refractivity contribution in [2.24, 2.45) is 5.92 Å². The predicted molar refractivity (Wildman–Crippen MR) is 54.5 cm³/mol. The normalized spacial score (nSPS) is 34.5. The van der Waals surface area contributed by atoms with Crippen LogP contribution in [0.15, 0.2) is 0 Å². The smallest absolute Gasteiger partial charge is 0.154 e. The van der Waals surface area contributed by atoms with Gasteiger partial charge in [0.05, 0.1) is 11.0 Å². The van der Waals surface area contributed by atoms with E-state index in [0.717, 1.165) is 6.42 Å². The zero-order valence-electron chi connectivity index (χ0n) is 8.58. The maximum atomic E-state index is 11.7. The second kappa shape index (κ2) is 3.96. The molecule has 0 bridgehead atoms. The zero-order chi connectivity index (χ0) is 10.1. The van der Waals surface area contributed by atoms with E-state index >= 15 is 0 Å². The highest BCUT2D eigenvalue weighted by molar-refractivity contribution is 7.92. The van der Waals surface area contributed by atoms with Gasteiger partial charge in [0.25, 0.3) is 0 Å². The molecule has 13 heavy (non-hydrogen) atoms. The van der Waals surface area contributed by atoms with Gasteiger partial charge in [0, 0.05) is 12.6 Å². The van der Waals surface area contributed by atoms with Gasteiger partial charge in [-0.15, -0.1) is 0 Å². The minimum absolute atomic E-state index is 0.197. The largest absolute Gasteiger partial charge is 0.313 e. The van der Waals surface area contributed by atoms with Crippen LogP contribution in [0.3, 0.4) is 0 Å². The number of sulfone groups is 1. The van der Waals surface area contributed by atoms with Crippen LogP contribution in [0.5, 0.6) is 0 Å². The molecule has 0 aromatic heterocycles. The van der Waals surface area contributed by atoms with Crippen molar-refractivity contribution in [3.8, 4) is 0 Å². The summed E-state index contributed by atoms with van der Waals surface area (Å²) in [7, 11) is -2.85. The molecule has 4 heteroatoms. The van der Waals surface area contributed by atoms with Crippen molar-refractivity contribution in [3.63, 3.8) is 0 Å². The molecular formula is C9H19NO2S. The molecule has 1 fully saturated rings. The lowest BCUT2D eigenvalue weighted by atomic mass is 10.1. The third kappa shape index (κ3) is 2.68. The molecule has 1 aliphatic heterocycles. The number of hydrogen-bond donors (Lipinski definition) is 1. The molecule has 0 amide bonds. The Morgan fingerprint density at radius 3 is 2.54 bits per heavy atom. The van der Waals surface area contributed by atoms with Crippen LogP contribution in [0.1, 0.15) is 27.2 Å². The van der Waals surface area contributed by atoms with Crippen LogP contribution in [-0.2, 0) is 9.84 Å². The lowest BCUT2D eigenvalue weighted by Crippen LogP contribution is -2.36. The molecule has 0 aliphatic carbocycles. The Balaban J connectivity index is 2.81. The summed E-state index contributed by atoms with van der Waals surface area (Å²) < 4.78 is 23.5. The maximum Gasteiger partial charge on any atom is 0.154 e. The monoisotopic (exact) mass is 205 g/mol. The van der Waals surface area contributed by atoms with Gasteiger partial charge in [-0.3, -0.25) is 0 Å². The van der Waals surface area contributed by atoms with Gasteiger partial charge in [0.15, 0.2) is 9.84 Å². The predicted octanol–water partition coefficient (Wildman–Crippen LogP) is 0.808. The second-order valence-corrected chi connectivity index (χ2v) is 6.59. The van der Waals surface area contributed by atoms with E-state index in [4.69, 9.17) is 0 Å². The number of nitrogens with one attached hydrogen (secondary N) is 1. The van der Waals surface area contributed by atoms with Gasteiger partial charge >= 0.3 is 0 Å². The summed E-state index contributed by atoms with van der Waals surface area (Å²) in [6.07, 6.45) is 0.742. The van der Waals surface area contributed by atoms with Crippen molar-refractivity contribution >= 4 is 9.84 Å². The van der Waals surface area contributed by atoms with Crippen LogP contribution in [0.4, 0.5) is 0 Å². The summed E-state index contributed by atoms with van der Waals surface area (Å²) in [4.78, 5) is 0. The lowest BCUT2D eigenvalue weighted by molar-refractivity contribution is 0.491. The highest BCUT2D eigenvalue weighted by Crippen LogP contribution is 2.17. The van der Waals surface area contributed by atoms with Crippen LogP contribution >= 0.6 is 0 Å². The van der Waals surface area contributed by atoms with Gasteiger partial charge in [-0.2, -0.15) is 0 Å². The minimum atomic E-state index is -2.85. The van der Waals surface area contributed by atoms with Crippen LogP contribution in [0, 0.1) is 5.92 Å². The molecule has 0 spiro atoms. The Morgan fingerprint density at radius 1 is 1.38 bits per heavy atom. The highest BCUT2D eigenvalue weighted by atomic mass is 32.2. The summed E-state index contributed by atoms with van der Waals surface area (Å²) in [5.74, 6) is 0.548. The first-order valence-electron chi connectivity index (χ1n) is 4.88. The molecule has 3 nitrogen and oxygen atoms in total. The minimum Gasteiger partial charge on any atom is -0.313 e. The van der Waals surface area contributed by atoms with E-state index in [0.29, 0.717) is 18.3 Å². The quantitative estimate of drug-likeness (QED) is 0.689. The van der Waals surface area contributed by atoms with Gasteiger partial charge in [0.2, 0.25) is 0 Å². The molecule has 2 unspecified atom stereocenters. The fourth-order valence-electron chi connectivity index (χ4n) is 1.69. The Morgan fingerprint density at radius 2 is 2.00 bits per heavy atom. The average molecular weight is 205 g/mol. The van der Waals surface area contributed by atoms with Gasteiger partial charge < -0.3 is 5.32 Å². The van der Waals surface area contributed by atoms with Crippen molar-refractivity contribution in [3.05, 3.63) is 0 Å². The fourth-order valence-corrected chi connectivity index (χ4v) is 3.85.